The van der Waals surface area contributed by atoms with Crippen molar-refractivity contribution in [2.45, 2.75) is 32.0 Å². The van der Waals surface area contributed by atoms with Crippen LogP contribution in [0.5, 0.6) is 17.2 Å². The van der Waals surface area contributed by atoms with E-state index < -0.39 is 17.7 Å². The molecule has 3 aromatic rings. The summed E-state index contributed by atoms with van der Waals surface area (Å²) < 4.78 is 11.0. The van der Waals surface area contributed by atoms with Crippen LogP contribution in [-0.4, -0.2) is 40.0 Å². The van der Waals surface area contributed by atoms with Crippen molar-refractivity contribution in [1.82, 2.24) is 4.90 Å². The van der Waals surface area contributed by atoms with E-state index >= 15 is 0 Å². The minimum Gasteiger partial charge on any atom is -0.507 e. The molecule has 3 aromatic carbocycles. The number of Topliss-reactive ketones (excluding diaryl/α,β-unsaturated/α-hetero) is 1. The number of aromatic hydroxyl groups is 1. The summed E-state index contributed by atoms with van der Waals surface area (Å²) >= 11 is 0. The second-order valence-corrected chi connectivity index (χ2v) is 8.80. The molecule has 0 radical (unpaired) electrons. The Morgan fingerprint density at radius 2 is 1.86 bits per heavy atom. The summed E-state index contributed by atoms with van der Waals surface area (Å²) in [5.41, 5.74) is 2.74. The molecule has 2 heterocycles. The second kappa shape index (κ2) is 8.83. The van der Waals surface area contributed by atoms with Crippen LogP contribution in [0.3, 0.4) is 0 Å². The standard InChI is InChI=1S/C28H25NO6/c1-16-12-20-13-19(9-11-22(20)35-16)26(31)24-25(18-8-10-21(30)23(14-18)34-2)29(28(33)27(24)32)15-17-6-4-3-5-7-17/h3-11,13-14,16,25,30-31H,12,15H2,1-2H3/t16-,25+/m0/s1. The van der Waals surface area contributed by atoms with Gasteiger partial charge in [0.15, 0.2) is 11.5 Å². The molecule has 1 fully saturated rings. The first-order valence-electron chi connectivity index (χ1n) is 11.4. The smallest absolute Gasteiger partial charge is 0.295 e. The number of ketones is 1. The molecule has 7 nitrogen and oxygen atoms in total. The van der Waals surface area contributed by atoms with Gasteiger partial charge in [-0.15, -0.1) is 0 Å². The van der Waals surface area contributed by atoms with Gasteiger partial charge >= 0.3 is 0 Å². The molecule has 5 rings (SSSR count). The van der Waals surface area contributed by atoms with Crippen LogP contribution in [0.15, 0.2) is 72.3 Å². The molecular weight excluding hydrogens is 446 g/mol. The third-order valence-electron chi connectivity index (χ3n) is 6.42. The molecule has 35 heavy (non-hydrogen) atoms. The Hall–Kier alpha value is -4.26. The minimum absolute atomic E-state index is 0.00872. The molecule has 2 N–H and O–H groups in total. The van der Waals surface area contributed by atoms with Gasteiger partial charge < -0.3 is 24.6 Å². The van der Waals surface area contributed by atoms with Crippen molar-refractivity contribution >= 4 is 17.4 Å². The number of carbonyl (C=O) groups is 2. The number of aliphatic hydroxyl groups is 1. The van der Waals surface area contributed by atoms with Gasteiger partial charge in [-0.05, 0) is 53.9 Å². The second-order valence-electron chi connectivity index (χ2n) is 8.80. The maximum absolute atomic E-state index is 13.3. The first-order valence-corrected chi connectivity index (χ1v) is 11.4. The number of likely N-dealkylation sites (tertiary alicyclic amines) is 1. The van der Waals surface area contributed by atoms with Crippen LogP contribution in [0.1, 0.15) is 35.2 Å². The predicted octanol–water partition coefficient (Wildman–Crippen LogP) is 4.35. The van der Waals surface area contributed by atoms with Crippen molar-refractivity contribution in [2.24, 2.45) is 0 Å². The molecule has 2 aliphatic heterocycles. The van der Waals surface area contributed by atoms with Crippen molar-refractivity contribution < 1.29 is 29.3 Å². The summed E-state index contributed by atoms with van der Waals surface area (Å²) in [5, 5.41) is 21.5. The molecule has 0 bridgehead atoms. The number of aliphatic hydroxyl groups excluding tert-OH is 1. The molecular formula is C28H25NO6. The molecule has 2 aliphatic rings. The van der Waals surface area contributed by atoms with Crippen molar-refractivity contribution in [3.05, 3.63) is 94.6 Å². The number of phenolic OH excluding ortho intramolecular Hbond substituents is 1. The first kappa shape index (κ1) is 22.5. The lowest BCUT2D eigenvalue weighted by molar-refractivity contribution is -0.140. The summed E-state index contributed by atoms with van der Waals surface area (Å²) in [5.74, 6) is -0.830. The van der Waals surface area contributed by atoms with Gasteiger partial charge in [0.2, 0.25) is 0 Å². The first-order chi connectivity index (χ1) is 16.9. The van der Waals surface area contributed by atoms with Crippen molar-refractivity contribution in [3.63, 3.8) is 0 Å². The molecule has 2 atom stereocenters. The van der Waals surface area contributed by atoms with Crippen molar-refractivity contribution in [2.75, 3.05) is 7.11 Å². The van der Waals surface area contributed by atoms with E-state index in [9.17, 15) is 19.8 Å². The van der Waals surface area contributed by atoms with Crippen LogP contribution in [-0.2, 0) is 22.6 Å². The Morgan fingerprint density at radius 3 is 2.60 bits per heavy atom. The Balaban J connectivity index is 1.65. The third kappa shape index (κ3) is 3.99. The third-order valence-corrected chi connectivity index (χ3v) is 6.42. The monoisotopic (exact) mass is 471 g/mol. The van der Waals surface area contributed by atoms with Gasteiger partial charge in [-0.1, -0.05) is 36.4 Å². The van der Waals surface area contributed by atoms with E-state index in [0.717, 1.165) is 16.9 Å². The number of nitrogens with zero attached hydrogens (tertiary/aromatic N) is 1. The SMILES string of the molecule is COc1cc([C@@H]2C(=C(O)c3ccc4c(c3)C[C@H](C)O4)C(=O)C(=O)N2Cc2ccccc2)ccc1O. The average molecular weight is 472 g/mol. The number of rotatable bonds is 5. The lowest BCUT2D eigenvalue weighted by Crippen LogP contribution is -2.29. The molecule has 178 valence electrons. The number of carbonyl (C=O) groups excluding carboxylic acids is 2. The highest BCUT2D eigenvalue weighted by molar-refractivity contribution is 6.46. The Bertz CT molecular complexity index is 1350. The van der Waals surface area contributed by atoms with Crippen molar-refractivity contribution in [1.29, 1.82) is 0 Å². The number of hydrogen-bond acceptors (Lipinski definition) is 6. The van der Waals surface area contributed by atoms with Crippen LogP contribution >= 0.6 is 0 Å². The molecule has 0 aromatic heterocycles. The lowest BCUT2D eigenvalue weighted by Gasteiger charge is -2.26. The highest BCUT2D eigenvalue weighted by atomic mass is 16.5. The molecule has 0 unspecified atom stereocenters. The van der Waals surface area contributed by atoms with Crippen molar-refractivity contribution in [3.8, 4) is 17.2 Å². The Labute approximate surface area is 202 Å². The summed E-state index contributed by atoms with van der Waals surface area (Å²) in [6, 6.07) is 18.4. The number of ether oxygens (including phenoxy) is 2. The largest absolute Gasteiger partial charge is 0.507 e. The number of phenols is 1. The summed E-state index contributed by atoms with van der Waals surface area (Å²) in [6.45, 7) is 2.14. The number of amides is 1. The van der Waals surface area contributed by atoms with Crippen LogP contribution in [0.2, 0.25) is 0 Å². The fourth-order valence-corrected chi connectivity index (χ4v) is 4.76. The molecule has 0 spiro atoms. The summed E-state index contributed by atoms with van der Waals surface area (Å²) in [4.78, 5) is 28.0. The topological polar surface area (TPSA) is 96.3 Å². The van der Waals surface area contributed by atoms with Crippen LogP contribution in [0.4, 0.5) is 0 Å². The van der Waals surface area contributed by atoms with E-state index in [-0.39, 0.29) is 35.5 Å². The van der Waals surface area contributed by atoms with Gasteiger partial charge in [-0.3, -0.25) is 9.59 Å². The van der Waals surface area contributed by atoms with E-state index in [1.165, 1.54) is 18.1 Å². The van der Waals surface area contributed by atoms with E-state index in [1.807, 2.05) is 37.3 Å². The summed E-state index contributed by atoms with van der Waals surface area (Å²) in [7, 11) is 1.42. The zero-order valence-corrected chi connectivity index (χ0v) is 19.4. The van der Waals surface area contributed by atoms with Crippen LogP contribution in [0.25, 0.3) is 5.76 Å². The van der Waals surface area contributed by atoms with E-state index in [2.05, 4.69) is 0 Å². The zero-order valence-electron chi connectivity index (χ0n) is 19.4. The molecule has 0 aliphatic carbocycles. The van der Waals surface area contributed by atoms with Gasteiger partial charge in [0, 0.05) is 18.5 Å². The van der Waals surface area contributed by atoms with Gasteiger partial charge in [0.1, 0.15) is 17.6 Å². The highest BCUT2D eigenvalue weighted by Gasteiger charge is 2.46. The zero-order chi connectivity index (χ0) is 24.7. The van der Waals surface area contributed by atoms with Crippen LogP contribution in [0, 0.1) is 0 Å². The van der Waals surface area contributed by atoms with Gasteiger partial charge in [-0.25, -0.2) is 0 Å². The van der Waals surface area contributed by atoms with Gasteiger partial charge in [-0.2, -0.15) is 0 Å². The minimum atomic E-state index is -0.867. The Kier molecular flexibility index (Phi) is 5.68. The number of benzene rings is 3. The van der Waals surface area contributed by atoms with E-state index in [1.54, 1.807) is 30.3 Å². The summed E-state index contributed by atoms with van der Waals surface area (Å²) in [6.07, 6.45) is 0.723. The quantitative estimate of drug-likeness (QED) is 0.326. The molecule has 1 amide bonds. The van der Waals surface area contributed by atoms with Gasteiger partial charge in [0.25, 0.3) is 11.7 Å². The fourth-order valence-electron chi connectivity index (χ4n) is 4.76. The predicted molar refractivity (Wildman–Crippen MR) is 129 cm³/mol. The highest BCUT2D eigenvalue weighted by Crippen LogP contribution is 2.43. The maximum atomic E-state index is 13.3. The number of hydrogen-bond donors (Lipinski definition) is 2. The normalized spacial score (nSPS) is 20.6. The molecule has 7 heteroatoms. The number of methoxy groups -OCH3 is 1. The maximum Gasteiger partial charge on any atom is 0.295 e. The molecule has 0 saturated carbocycles. The average Bonchev–Trinajstić information content (AvgIpc) is 3.35. The lowest BCUT2D eigenvalue weighted by atomic mass is 9.94. The fraction of sp³-hybridized carbons (Fsp3) is 0.214. The molecule has 1 saturated heterocycles. The van der Waals surface area contributed by atoms with E-state index in [0.29, 0.717) is 17.5 Å². The van der Waals surface area contributed by atoms with Crippen LogP contribution < -0.4 is 9.47 Å². The van der Waals surface area contributed by atoms with Gasteiger partial charge in [0.05, 0.1) is 18.7 Å². The number of fused-ring (bicyclic) bond motifs is 1. The van der Waals surface area contributed by atoms with E-state index in [4.69, 9.17) is 9.47 Å². The Morgan fingerprint density at radius 1 is 1.09 bits per heavy atom.